The molecule has 92 valence electrons. The molecule has 2 atom stereocenters. The van der Waals surface area contributed by atoms with Gasteiger partial charge in [-0.25, -0.2) is 4.79 Å². The second-order valence-electron chi connectivity index (χ2n) is 4.37. The zero-order valence-electron chi connectivity index (χ0n) is 9.56. The lowest BCUT2D eigenvalue weighted by atomic mass is 10.2. The van der Waals surface area contributed by atoms with Gasteiger partial charge in [0.2, 0.25) is 0 Å². The molecule has 0 aromatic carbocycles. The van der Waals surface area contributed by atoms with Crippen molar-refractivity contribution in [2.45, 2.75) is 12.1 Å². The minimum Gasteiger partial charge on any atom is -0.389 e. The van der Waals surface area contributed by atoms with E-state index in [0.29, 0.717) is 19.8 Å². The average Bonchev–Trinajstić information content (AvgIpc) is 2.84. The fourth-order valence-corrected chi connectivity index (χ4v) is 2.12. The van der Waals surface area contributed by atoms with Crippen molar-refractivity contribution in [3.63, 3.8) is 0 Å². The van der Waals surface area contributed by atoms with Gasteiger partial charge in [-0.15, -0.1) is 0 Å². The average molecular weight is 229 g/mol. The number of urea groups is 1. The highest BCUT2D eigenvalue weighted by atomic mass is 16.5. The summed E-state index contributed by atoms with van der Waals surface area (Å²) in [6, 6.07) is 0.0716. The summed E-state index contributed by atoms with van der Waals surface area (Å²) in [4.78, 5) is 15.1. The quantitative estimate of drug-likeness (QED) is 0.629. The Morgan fingerprint density at radius 2 is 2.44 bits per heavy atom. The molecule has 0 aromatic heterocycles. The molecule has 2 aliphatic heterocycles. The van der Waals surface area contributed by atoms with E-state index in [1.807, 2.05) is 7.05 Å². The van der Waals surface area contributed by atoms with E-state index in [-0.39, 0.29) is 12.1 Å². The van der Waals surface area contributed by atoms with Crippen LogP contribution in [0.2, 0.25) is 0 Å². The van der Waals surface area contributed by atoms with Crippen molar-refractivity contribution in [3.05, 3.63) is 0 Å². The van der Waals surface area contributed by atoms with Gasteiger partial charge in [0, 0.05) is 26.2 Å². The third-order valence-electron chi connectivity index (χ3n) is 3.26. The van der Waals surface area contributed by atoms with E-state index in [1.165, 1.54) is 0 Å². The Balaban J connectivity index is 1.74. The first-order valence-electron chi connectivity index (χ1n) is 5.67. The molecule has 0 bridgehead atoms. The van der Waals surface area contributed by atoms with Crippen molar-refractivity contribution < 1.29 is 14.6 Å². The van der Waals surface area contributed by atoms with Gasteiger partial charge >= 0.3 is 6.03 Å². The zero-order chi connectivity index (χ0) is 11.5. The molecule has 2 heterocycles. The number of hydrogen-bond donors (Lipinski definition) is 2. The van der Waals surface area contributed by atoms with E-state index in [2.05, 4.69) is 10.2 Å². The zero-order valence-corrected chi connectivity index (χ0v) is 9.56. The number of amides is 2. The van der Waals surface area contributed by atoms with E-state index >= 15 is 0 Å². The Kier molecular flexibility index (Phi) is 3.63. The van der Waals surface area contributed by atoms with Gasteiger partial charge < -0.3 is 20.1 Å². The van der Waals surface area contributed by atoms with Gasteiger partial charge in [0.15, 0.2) is 0 Å². The summed E-state index contributed by atoms with van der Waals surface area (Å²) in [6.45, 7) is 3.96. The second kappa shape index (κ2) is 4.99. The van der Waals surface area contributed by atoms with E-state index < -0.39 is 6.10 Å². The summed E-state index contributed by atoms with van der Waals surface area (Å²) < 4.78 is 5.20. The summed E-state index contributed by atoms with van der Waals surface area (Å²) in [7, 11) is 1.95. The SMILES string of the molecule is CN(CCN1CCNC1=O)[C@@H]1COC[C@H]1O. The highest BCUT2D eigenvalue weighted by Gasteiger charge is 2.30. The predicted molar refractivity (Wildman–Crippen MR) is 58.2 cm³/mol. The standard InChI is InChI=1S/C10H19N3O3/c1-12(8-6-16-7-9(8)14)4-5-13-3-2-11-10(13)15/h8-9,14H,2-7H2,1H3,(H,11,15)/t8-,9-/m1/s1. The molecule has 0 spiro atoms. The number of aliphatic hydroxyl groups is 1. The normalized spacial score (nSPS) is 30.2. The van der Waals surface area contributed by atoms with Gasteiger partial charge in [-0.1, -0.05) is 0 Å². The molecule has 0 aromatic rings. The van der Waals surface area contributed by atoms with Crippen molar-refractivity contribution in [3.8, 4) is 0 Å². The first-order chi connectivity index (χ1) is 7.68. The Bertz CT molecular complexity index is 262. The maximum absolute atomic E-state index is 11.3. The number of nitrogens with one attached hydrogen (secondary N) is 1. The van der Waals surface area contributed by atoms with E-state index in [4.69, 9.17) is 4.74 Å². The van der Waals surface area contributed by atoms with E-state index in [1.54, 1.807) is 4.90 Å². The molecule has 0 unspecified atom stereocenters. The molecule has 16 heavy (non-hydrogen) atoms. The van der Waals surface area contributed by atoms with Crippen LogP contribution in [0.4, 0.5) is 4.79 Å². The summed E-state index contributed by atoms with van der Waals surface area (Å²) in [5.41, 5.74) is 0. The Morgan fingerprint density at radius 1 is 1.62 bits per heavy atom. The second-order valence-corrected chi connectivity index (χ2v) is 4.37. The number of carbonyl (C=O) groups excluding carboxylic acids is 1. The maximum atomic E-state index is 11.3. The molecule has 2 saturated heterocycles. The van der Waals surface area contributed by atoms with Crippen LogP contribution in [0.15, 0.2) is 0 Å². The van der Waals surface area contributed by atoms with Crippen LogP contribution in [0.1, 0.15) is 0 Å². The Hall–Kier alpha value is -0.850. The minimum absolute atomic E-state index is 0.0108. The van der Waals surface area contributed by atoms with Crippen LogP contribution < -0.4 is 5.32 Å². The molecule has 2 fully saturated rings. The summed E-state index contributed by atoms with van der Waals surface area (Å²) in [6.07, 6.45) is -0.405. The molecule has 6 heteroatoms. The van der Waals surface area contributed by atoms with Crippen LogP contribution in [0.3, 0.4) is 0 Å². The van der Waals surface area contributed by atoms with Gasteiger partial charge in [0.25, 0.3) is 0 Å². The van der Waals surface area contributed by atoms with Crippen molar-refractivity contribution in [2.24, 2.45) is 0 Å². The summed E-state index contributed by atoms with van der Waals surface area (Å²) in [5.74, 6) is 0. The fraction of sp³-hybridized carbons (Fsp3) is 0.900. The molecule has 6 nitrogen and oxygen atoms in total. The minimum atomic E-state index is -0.405. The molecule has 0 saturated carbocycles. The van der Waals surface area contributed by atoms with E-state index in [9.17, 15) is 9.90 Å². The van der Waals surface area contributed by atoms with Gasteiger partial charge in [0.05, 0.1) is 25.4 Å². The number of rotatable bonds is 4. The lowest BCUT2D eigenvalue weighted by Crippen LogP contribution is -2.44. The van der Waals surface area contributed by atoms with Crippen molar-refractivity contribution in [1.82, 2.24) is 15.1 Å². The van der Waals surface area contributed by atoms with Crippen LogP contribution >= 0.6 is 0 Å². The topological polar surface area (TPSA) is 65.0 Å². The van der Waals surface area contributed by atoms with Crippen molar-refractivity contribution in [1.29, 1.82) is 0 Å². The van der Waals surface area contributed by atoms with Crippen LogP contribution in [-0.2, 0) is 4.74 Å². The Labute approximate surface area is 95.2 Å². The first-order valence-corrected chi connectivity index (χ1v) is 5.67. The smallest absolute Gasteiger partial charge is 0.317 e. The molecule has 2 N–H and O–H groups in total. The highest BCUT2D eigenvalue weighted by Crippen LogP contribution is 2.11. The number of aliphatic hydroxyl groups excluding tert-OH is 1. The number of likely N-dealkylation sites (N-methyl/N-ethyl adjacent to an activating group) is 1. The summed E-state index contributed by atoms with van der Waals surface area (Å²) in [5, 5.41) is 12.4. The molecule has 2 aliphatic rings. The van der Waals surface area contributed by atoms with Crippen LogP contribution in [0.5, 0.6) is 0 Å². The molecule has 0 aliphatic carbocycles. The number of carbonyl (C=O) groups is 1. The number of hydrogen-bond acceptors (Lipinski definition) is 4. The fourth-order valence-electron chi connectivity index (χ4n) is 2.12. The van der Waals surface area contributed by atoms with Gasteiger partial charge in [-0.2, -0.15) is 0 Å². The summed E-state index contributed by atoms with van der Waals surface area (Å²) >= 11 is 0. The lowest BCUT2D eigenvalue weighted by molar-refractivity contribution is 0.0924. The third-order valence-corrected chi connectivity index (χ3v) is 3.26. The van der Waals surface area contributed by atoms with E-state index in [0.717, 1.165) is 19.6 Å². The molecule has 2 amide bonds. The third kappa shape index (κ3) is 2.45. The number of ether oxygens (including phenoxy) is 1. The molecule has 0 radical (unpaired) electrons. The predicted octanol–water partition coefficient (Wildman–Crippen LogP) is -1.30. The van der Waals surface area contributed by atoms with Crippen molar-refractivity contribution >= 4 is 6.03 Å². The maximum Gasteiger partial charge on any atom is 0.317 e. The van der Waals surface area contributed by atoms with Gasteiger partial charge in [-0.05, 0) is 7.05 Å². The van der Waals surface area contributed by atoms with Gasteiger partial charge in [-0.3, -0.25) is 4.90 Å². The largest absolute Gasteiger partial charge is 0.389 e. The highest BCUT2D eigenvalue weighted by molar-refractivity contribution is 5.76. The van der Waals surface area contributed by atoms with Gasteiger partial charge in [0.1, 0.15) is 0 Å². The Morgan fingerprint density at radius 3 is 3.00 bits per heavy atom. The lowest BCUT2D eigenvalue weighted by Gasteiger charge is -2.27. The van der Waals surface area contributed by atoms with Crippen LogP contribution in [-0.4, -0.2) is 79.5 Å². The molecular weight excluding hydrogens is 210 g/mol. The van der Waals surface area contributed by atoms with Crippen LogP contribution in [0.25, 0.3) is 0 Å². The monoisotopic (exact) mass is 229 g/mol. The van der Waals surface area contributed by atoms with Crippen molar-refractivity contribution in [2.75, 3.05) is 46.4 Å². The number of nitrogens with zero attached hydrogens (tertiary/aromatic N) is 2. The molecule has 2 rings (SSSR count). The first kappa shape index (κ1) is 11.6. The molecular formula is C10H19N3O3. The van der Waals surface area contributed by atoms with Crippen LogP contribution in [0, 0.1) is 0 Å².